The second-order valence-electron chi connectivity index (χ2n) is 4.90. The van der Waals surface area contributed by atoms with E-state index >= 15 is 0 Å². The number of likely N-dealkylation sites (N-methyl/N-ethyl adjacent to an activating group) is 1. The molecule has 0 aromatic carbocycles. The van der Waals surface area contributed by atoms with Gasteiger partial charge in [0.1, 0.15) is 11.9 Å². The number of amides is 1. The number of aromatic nitrogens is 1. The number of aliphatic imine (C=N–C) groups is 1. The van der Waals surface area contributed by atoms with Crippen molar-refractivity contribution in [1.82, 2.24) is 4.98 Å². The second-order valence-corrected chi connectivity index (χ2v) is 5.81. The van der Waals surface area contributed by atoms with E-state index in [0.29, 0.717) is 19.8 Å². The highest BCUT2D eigenvalue weighted by atomic mass is 79.9. The summed E-state index contributed by atoms with van der Waals surface area (Å²) >= 11 is 3.46. The minimum Gasteiger partial charge on any atom is -0.376 e. The lowest BCUT2D eigenvalue weighted by molar-refractivity contribution is -0.120. The lowest BCUT2D eigenvalue weighted by Gasteiger charge is -2.37. The van der Waals surface area contributed by atoms with E-state index < -0.39 is 0 Å². The van der Waals surface area contributed by atoms with Crippen molar-refractivity contribution >= 4 is 33.9 Å². The average molecular weight is 338 g/mol. The molecule has 2 aliphatic heterocycles. The first-order valence-corrected chi connectivity index (χ1v) is 7.58. The fourth-order valence-corrected chi connectivity index (χ4v) is 3.19. The topological polar surface area (TPSA) is 54.8 Å². The monoisotopic (exact) mass is 337 g/mol. The molecule has 2 aliphatic rings. The van der Waals surface area contributed by atoms with E-state index in [9.17, 15) is 4.79 Å². The number of ether oxygens (including phenoxy) is 1. The maximum Gasteiger partial charge on any atom is 0.253 e. The highest BCUT2D eigenvalue weighted by Gasteiger charge is 2.40. The van der Waals surface area contributed by atoms with Gasteiger partial charge < -0.3 is 4.74 Å². The van der Waals surface area contributed by atoms with Crippen molar-refractivity contribution in [2.75, 3.05) is 24.7 Å². The summed E-state index contributed by atoms with van der Waals surface area (Å²) in [6, 6.07) is 1.70. The molecule has 5 nitrogen and oxygen atoms in total. The Hall–Kier alpha value is -1.27. The Labute approximate surface area is 126 Å². The summed E-state index contributed by atoms with van der Waals surface area (Å²) in [5.74, 6) is 0.845. The van der Waals surface area contributed by atoms with E-state index in [0.717, 1.165) is 22.3 Å². The molecule has 1 aromatic heterocycles. The molecule has 3 heterocycles. The van der Waals surface area contributed by atoms with Gasteiger partial charge in [-0.3, -0.25) is 14.7 Å². The van der Waals surface area contributed by atoms with Gasteiger partial charge in [0.05, 0.1) is 6.61 Å². The van der Waals surface area contributed by atoms with Crippen molar-refractivity contribution < 1.29 is 9.53 Å². The number of nitrogens with zero attached hydrogens (tertiary/aromatic N) is 3. The van der Waals surface area contributed by atoms with Crippen LogP contribution in [0.3, 0.4) is 0 Å². The first-order valence-electron chi connectivity index (χ1n) is 6.78. The Bertz CT molecular complexity index is 561. The van der Waals surface area contributed by atoms with Gasteiger partial charge in [0, 0.05) is 41.5 Å². The van der Waals surface area contributed by atoms with Crippen LogP contribution in [0.25, 0.3) is 0 Å². The van der Waals surface area contributed by atoms with E-state index in [2.05, 4.69) is 25.9 Å². The van der Waals surface area contributed by atoms with Crippen molar-refractivity contribution in [3.05, 3.63) is 22.3 Å². The van der Waals surface area contributed by atoms with Crippen LogP contribution in [0.15, 0.2) is 21.7 Å². The molecule has 20 heavy (non-hydrogen) atoms. The van der Waals surface area contributed by atoms with Crippen molar-refractivity contribution in [2.45, 2.75) is 25.3 Å². The SMILES string of the molecule is CCN1C(=O)C2N=CCOCC[C@@H]2c2cc(Br)cnc21. The fraction of sp³-hybridized carbons (Fsp3) is 0.500. The number of hydrogen-bond acceptors (Lipinski definition) is 4. The van der Waals surface area contributed by atoms with Crippen LogP contribution in [0.1, 0.15) is 24.8 Å². The van der Waals surface area contributed by atoms with Gasteiger partial charge in [-0.15, -0.1) is 0 Å². The van der Waals surface area contributed by atoms with Crippen LogP contribution >= 0.6 is 15.9 Å². The summed E-state index contributed by atoms with van der Waals surface area (Å²) in [5, 5.41) is 0. The van der Waals surface area contributed by atoms with Crippen LogP contribution < -0.4 is 4.90 Å². The predicted octanol–water partition coefficient (Wildman–Crippen LogP) is 2.15. The Balaban J connectivity index is 2.12. The van der Waals surface area contributed by atoms with E-state index in [1.807, 2.05) is 13.0 Å². The minimum absolute atomic E-state index is 0.0398. The molecule has 2 atom stereocenters. The van der Waals surface area contributed by atoms with Crippen LogP contribution in [-0.4, -0.2) is 42.9 Å². The lowest BCUT2D eigenvalue weighted by Crippen LogP contribution is -2.47. The van der Waals surface area contributed by atoms with Crippen LogP contribution in [0.5, 0.6) is 0 Å². The molecule has 0 N–H and O–H groups in total. The molecule has 106 valence electrons. The van der Waals surface area contributed by atoms with Gasteiger partial charge in [-0.05, 0) is 35.3 Å². The first-order chi connectivity index (χ1) is 9.72. The summed E-state index contributed by atoms with van der Waals surface area (Å²) in [6.07, 6.45) is 4.23. The number of carbonyl (C=O) groups is 1. The molecule has 1 unspecified atom stereocenters. The number of anilines is 1. The van der Waals surface area contributed by atoms with Gasteiger partial charge in [0.15, 0.2) is 0 Å². The molecule has 0 saturated carbocycles. The summed E-state index contributed by atoms with van der Waals surface area (Å²) in [6.45, 7) is 3.68. The predicted molar refractivity (Wildman–Crippen MR) is 80.4 cm³/mol. The molecule has 1 aromatic rings. The van der Waals surface area contributed by atoms with E-state index in [1.165, 1.54) is 0 Å². The largest absolute Gasteiger partial charge is 0.376 e. The van der Waals surface area contributed by atoms with Crippen molar-refractivity contribution in [1.29, 1.82) is 0 Å². The second kappa shape index (κ2) is 5.61. The van der Waals surface area contributed by atoms with E-state index in [-0.39, 0.29) is 17.9 Å². The van der Waals surface area contributed by atoms with Gasteiger partial charge in [-0.2, -0.15) is 0 Å². The third-order valence-electron chi connectivity index (χ3n) is 3.76. The van der Waals surface area contributed by atoms with Gasteiger partial charge in [-0.25, -0.2) is 4.98 Å². The summed E-state index contributed by atoms with van der Waals surface area (Å²) in [4.78, 5) is 23.2. The van der Waals surface area contributed by atoms with Crippen LogP contribution in [-0.2, 0) is 9.53 Å². The highest BCUT2D eigenvalue weighted by molar-refractivity contribution is 9.10. The molecule has 1 amide bonds. The molecular weight excluding hydrogens is 322 g/mol. The van der Waals surface area contributed by atoms with Crippen LogP contribution in [0.4, 0.5) is 5.82 Å². The molecule has 0 saturated heterocycles. The molecule has 0 fully saturated rings. The third kappa shape index (κ3) is 2.27. The highest BCUT2D eigenvalue weighted by Crippen LogP contribution is 2.39. The molecule has 0 aliphatic carbocycles. The number of halogens is 1. The molecule has 0 spiro atoms. The number of hydrogen-bond donors (Lipinski definition) is 0. The first kappa shape index (κ1) is 13.7. The Morgan fingerprint density at radius 2 is 2.40 bits per heavy atom. The smallest absolute Gasteiger partial charge is 0.253 e. The number of pyridine rings is 1. The van der Waals surface area contributed by atoms with Crippen LogP contribution in [0.2, 0.25) is 0 Å². The van der Waals surface area contributed by atoms with E-state index in [1.54, 1.807) is 17.3 Å². The maximum atomic E-state index is 12.6. The van der Waals surface area contributed by atoms with Crippen molar-refractivity contribution in [3.8, 4) is 0 Å². The zero-order valence-corrected chi connectivity index (χ0v) is 12.8. The summed E-state index contributed by atoms with van der Waals surface area (Å²) in [7, 11) is 0. The van der Waals surface area contributed by atoms with Gasteiger partial charge in [0.2, 0.25) is 0 Å². The molecule has 6 heteroatoms. The normalized spacial score (nSPS) is 25.7. The van der Waals surface area contributed by atoms with Gasteiger partial charge in [0.25, 0.3) is 5.91 Å². The Morgan fingerprint density at radius 1 is 1.55 bits per heavy atom. The fourth-order valence-electron chi connectivity index (χ4n) is 2.84. The summed E-state index contributed by atoms with van der Waals surface area (Å²) in [5.41, 5.74) is 1.08. The van der Waals surface area contributed by atoms with Gasteiger partial charge in [-0.1, -0.05) is 0 Å². The summed E-state index contributed by atoms with van der Waals surface area (Å²) < 4.78 is 6.37. The van der Waals surface area contributed by atoms with Crippen molar-refractivity contribution in [3.63, 3.8) is 0 Å². The maximum absolute atomic E-state index is 12.6. The zero-order valence-electron chi connectivity index (χ0n) is 11.3. The number of fused-ring (bicyclic) bond motifs is 3. The minimum atomic E-state index is -0.345. The molecular formula is C14H16BrN3O2. The number of rotatable bonds is 1. The Morgan fingerprint density at radius 3 is 3.20 bits per heavy atom. The molecule has 3 rings (SSSR count). The lowest BCUT2D eigenvalue weighted by atomic mass is 9.85. The Kier molecular flexibility index (Phi) is 3.85. The quantitative estimate of drug-likeness (QED) is 0.788. The molecule has 0 radical (unpaired) electrons. The van der Waals surface area contributed by atoms with E-state index in [4.69, 9.17) is 4.74 Å². The molecule has 0 bridgehead atoms. The van der Waals surface area contributed by atoms with Crippen LogP contribution in [0, 0.1) is 0 Å². The standard InChI is InChI=1S/C14H16BrN3O2/c1-2-18-13-11(7-9(15)8-17-13)10-3-5-20-6-4-16-12(10)14(18)19/h4,7-8,10,12H,2-3,5-6H2,1H3/t10-,12?/m1/s1. The van der Waals surface area contributed by atoms with Gasteiger partial charge >= 0.3 is 0 Å². The third-order valence-corrected chi connectivity index (χ3v) is 4.20. The number of carbonyl (C=O) groups excluding carboxylic acids is 1. The van der Waals surface area contributed by atoms with Crippen molar-refractivity contribution in [2.24, 2.45) is 4.99 Å². The average Bonchev–Trinajstić information content (AvgIpc) is 2.40. The zero-order chi connectivity index (χ0) is 14.1.